The molecule has 0 saturated heterocycles. The van der Waals surface area contributed by atoms with Crippen molar-refractivity contribution in [1.82, 2.24) is 0 Å². The van der Waals surface area contributed by atoms with Gasteiger partial charge in [0, 0.05) is 5.02 Å². The SMILES string of the molecule is CCCCC1CCC2CC(C3CCC(c4ccc(Cl)cc4)CC3)CCC2C1. The van der Waals surface area contributed by atoms with Crippen LogP contribution in [0.2, 0.25) is 5.02 Å². The van der Waals surface area contributed by atoms with Gasteiger partial charge in [0.25, 0.3) is 0 Å². The standard InChI is InChI=1S/C26H39Cl/c1-2-3-4-19-5-6-25-18-24(12-11-23(25)17-19)22-9-7-20(8-10-22)21-13-15-26(27)16-14-21/h13-16,19-20,22-25H,2-12,17-18H2,1H3. The predicted octanol–water partition coefficient (Wildman–Crippen LogP) is 8.64. The molecule has 0 bridgehead atoms. The van der Waals surface area contributed by atoms with Crippen LogP contribution in [0.4, 0.5) is 0 Å². The van der Waals surface area contributed by atoms with Crippen LogP contribution in [-0.4, -0.2) is 0 Å². The lowest BCUT2D eigenvalue weighted by Gasteiger charge is -2.45. The summed E-state index contributed by atoms with van der Waals surface area (Å²) in [6.07, 6.45) is 19.4. The van der Waals surface area contributed by atoms with Crippen LogP contribution in [-0.2, 0) is 0 Å². The number of unbranched alkanes of at least 4 members (excludes halogenated alkanes) is 1. The van der Waals surface area contributed by atoms with Crippen molar-refractivity contribution in [2.45, 2.75) is 96.3 Å². The molecule has 4 unspecified atom stereocenters. The van der Waals surface area contributed by atoms with Gasteiger partial charge in [-0.05, 0) is 111 Å². The maximum Gasteiger partial charge on any atom is 0.0406 e. The summed E-state index contributed by atoms with van der Waals surface area (Å²) in [5.74, 6) is 6.08. The molecule has 27 heavy (non-hydrogen) atoms. The van der Waals surface area contributed by atoms with E-state index in [2.05, 4.69) is 31.2 Å². The van der Waals surface area contributed by atoms with Crippen LogP contribution in [0.25, 0.3) is 0 Å². The minimum absolute atomic E-state index is 0.781. The number of hydrogen-bond acceptors (Lipinski definition) is 0. The van der Waals surface area contributed by atoms with Gasteiger partial charge in [-0.15, -0.1) is 0 Å². The Labute approximate surface area is 172 Å². The molecule has 3 saturated carbocycles. The normalized spacial score (nSPS) is 37.0. The molecule has 1 heteroatoms. The third-order valence-corrected chi connectivity index (χ3v) is 8.76. The highest BCUT2D eigenvalue weighted by Gasteiger charge is 2.38. The first-order chi connectivity index (χ1) is 13.2. The Bertz CT molecular complexity index is 568. The van der Waals surface area contributed by atoms with E-state index in [0.717, 1.165) is 40.5 Å². The lowest BCUT2D eigenvalue weighted by Crippen LogP contribution is -2.34. The molecule has 0 heterocycles. The van der Waals surface area contributed by atoms with Crippen LogP contribution in [0.5, 0.6) is 0 Å². The number of halogens is 1. The fraction of sp³-hybridized carbons (Fsp3) is 0.769. The first-order valence-corrected chi connectivity index (χ1v) is 12.4. The summed E-state index contributed by atoms with van der Waals surface area (Å²) in [6, 6.07) is 8.66. The Kier molecular flexibility index (Phi) is 6.85. The Balaban J connectivity index is 1.25. The minimum Gasteiger partial charge on any atom is -0.0843 e. The van der Waals surface area contributed by atoms with Gasteiger partial charge in [-0.1, -0.05) is 56.3 Å². The van der Waals surface area contributed by atoms with Crippen molar-refractivity contribution in [1.29, 1.82) is 0 Å². The zero-order valence-corrected chi connectivity index (χ0v) is 18.1. The summed E-state index contributed by atoms with van der Waals surface area (Å²) in [5.41, 5.74) is 1.52. The lowest BCUT2D eigenvalue weighted by molar-refractivity contribution is 0.0615. The highest BCUT2D eigenvalue weighted by Crippen LogP contribution is 2.50. The van der Waals surface area contributed by atoms with Crippen LogP contribution in [0, 0.1) is 29.6 Å². The van der Waals surface area contributed by atoms with E-state index >= 15 is 0 Å². The van der Waals surface area contributed by atoms with E-state index in [1.165, 1.54) is 63.4 Å². The first kappa shape index (κ1) is 19.8. The lowest BCUT2D eigenvalue weighted by atomic mass is 9.60. The Morgan fingerprint density at radius 1 is 0.741 bits per heavy atom. The summed E-state index contributed by atoms with van der Waals surface area (Å²) < 4.78 is 0. The van der Waals surface area contributed by atoms with Crippen LogP contribution < -0.4 is 0 Å². The van der Waals surface area contributed by atoms with Crippen molar-refractivity contribution >= 4 is 11.6 Å². The third-order valence-electron chi connectivity index (χ3n) is 8.51. The maximum atomic E-state index is 6.07. The second-order valence-corrected chi connectivity index (χ2v) is 10.5. The van der Waals surface area contributed by atoms with Gasteiger partial charge in [-0.3, -0.25) is 0 Å². The Morgan fingerprint density at radius 2 is 1.33 bits per heavy atom. The predicted molar refractivity (Wildman–Crippen MR) is 117 cm³/mol. The second-order valence-electron chi connectivity index (χ2n) is 10.1. The molecule has 0 N–H and O–H groups in total. The fourth-order valence-electron chi connectivity index (χ4n) is 6.86. The molecule has 1 aromatic carbocycles. The fourth-order valence-corrected chi connectivity index (χ4v) is 6.99. The van der Waals surface area contributed by atoms with Gasteiger partial charge in [-0.2, -0.15) is 0 Å². The van der Waals surface area contributed by atoms with Crippen molar-refractivity contribution in [3.8, 4) is 0 Å². The highest BCUT2D eigenvalue weighted by molar-refractivity contribution is 6.30. The van der Waals surface area contributed by atoms with Crippen LogP contribution in [0.15, 0.2) is 24.3 Å². The van der Waals surface area contributed by atoms with Crippen molar-refractivity contribution in [3.05, 3.63) is 34.9 Å². The molecule has 4 rings (SSSR count). The molecule has 0 spiro atoms. The van der Waals surface area contributed by atoms with Crippen molar-refractivity contribution < 1.29 is 0 Å². The summed E-state index contributed by atoms with van der Waals surface area (Å²) in [6.45, 7) is 2.35. The van der Waals surface area contributed by atoms with Gasteiger partial charge in [0.2, 0.25) is 0 Å². The molecule has 4 atom stereocenters. The Morgan fingerprint density at radius 3 is 2.04 bits per heavy atom. The van der Waals surface area contributed by atoms with E-state index in [1.807, 2.05) is 0 Å². The molecule has 3 aliphatic rings. The van der Waals surface area contributed by atoms with E-state index in [0.29, 0.717) is 0 Å². The molecule has 0 radical (unpaired) electrons. The molecule has 0 aliphatic heterocycles. The van der Waals surface area contributed by atoms with Gasteiger partial charge in [0.1, 0.15) is 0 Å². The molecule has 0 aromatic heterocycles. The molecule has 1 aromatic rings. The van der Waals surface area contributed by atoms with Crippen LogP contribution in [0.1, 0.15) is 102 Å². The van der Waals surface area contributed by atoms with E-state index < -0.39 is 0 Å². The van der Waals surface area contributed by atoms with Gasteiger partial charge in [0.15, 0.2) is 0 Å². The molecule has 0 amide bonds. The van der Waals surface area contributed by atoms with E-state index in [9.17, 15) is 0 Å². The van der Waals surface area contributed by atoms with Crippen LogP contribution in [0.3, 0.4) is 0 Å². The number of benzene rings is 1. The zero-order valence-electron chi connectivity index (χ0n) is 17.3. The molecule has 3 aliphatic carbocycles. The number of hydrogen-bond donors (Lipinski definition) is 0. The molecular formula is C26H39Cl. The smallest absolute Gasteiger partial charge is 0.0406 e. The number of rotatable bonds is 5. The first-order valence-electron chi connectivity index (χ1n) is 12.0. The zero-order chi connectivity index (χ0) is 18.6. The minimum atomic E-state index is 0.781. The topological polar surface area (TPSA) is 0 Å². The molecule has 0 nitrogen and oxygen atoms in total. The van der Waals surface area contributed by atoms with Gasteiger partial charge in [-0.25, -0.2) is 0 Å². The van der Waals surface area contributed by atoms with Gasteiger partial charge >= 0.3 is 0 Å². The monoisotopic (exact) mass is 386 g/mol. The summed E-state index contributed by atoms with van der Waals surface area (Å²) in [4.78, 5) is 0. The summed E-state index contributed by atoms with van der Waals surface area (Å²) >= 11 is 6.07. The van der Waals surface area contributed by atoms with Crippen LogP contribution >= 0.6 is 11.6 Å². The second kappa shape index (κ2) is 9.34. The molecule has 150 valence electrons. The largest absolute Gasteiger partial charge is 0.0843 e. The van der Waals surface area contributed by atoms with Crippen molar-refractivity contribution in [3.63, 3.8) is 0 Å². The van der Waals surface area contributed by atoms with E-state index in [4.69, 9.17) is 11.6 Å². The average Bonchev–Trinajstić information content (AvgIpc) is 2.72. The number of fused-ring (bicyclic) bond motifs is 1. The molecule has 3 fully saturated rings. The van der Waals surface area contributed by atoms with E-state index in [1.54, 1.807) is 25.7 Å². The highest BCUT2D eigenvalue weighted by atomic mass is 35.5. The molecular weight excluding hydrogens is 348 g/mol. The van der Waals surface area contributed by atoms with Crippen molar-refractivity contribution in [2.75, 3.05) is 0 Å². The summed E-state index contributed by atoms with van der Waals surface area (Å²) in [7, 11) is 0. The third kappa shape index (κ3) is 4.92. The quantitative estimate of drug-likeness (QED) is 0.474. The van der Waals surface area contributed by atoms with Crippen molar-refractivity contribution in [2.24, 2.45) is 29.6 Å². The maximum absolute atomic E-state index is 6.07. The van der Waals surface area contributed by atoms with Gasteiger partial charge in [0.05, 0.1) is 0 Å². The average molecular weight is 387 g/mol. The Hall–Kier alpha value is -0.490. The van der Waals surface area contributed by atoms with Gasteiger partial charge < -0.3 is 0 Å². The summed E-state index contributed by atoms with van der Waals surface area (Å²) in [5, 5.41) is 0.869. The van der Waals surface area contributed by atoms with E-state index in [-0.39, 0.29) is 0 Å².